The molecule has 0 aliphatic heterocycles. The third-order valence-electron chi connectivity index (χ3n) is 4.86. The van der Waals surface area contributed by atoms with Crippen molar-refractivity contribution >= 4 is 34.1 Å². The largest absolute Gasteiger partial charge is 0.492 e. The van der Waals surface area contributed by atoms with Crippen LogP contribution in [0.5, 0.6) is 11.5 Å². The Morgan fingerprint density at radius 2 is 1.03 bits per heavy atom. The molecule has 0 aliphatic carbocycles. The number of hydrogen-bond acceptors (Lipinski definition) is 4. The number of aldehydes is 2. The van der Waals surface area contributed by atoms with Gasteiger partial charge in [0.15, 0.2) is 12.6 Å². The van der Waals surface area contributed by atoms with Crippen LogP contribution in [0.25, 0.3) is 21.5 Å². The molecule has 0 heterocycles. The zero-order valence-corrected chi connectivity index (χ0v) is 15.8. The average molecular weight is 384 g/mol. The van der Waals surface area contributed by atoms with Crippen molar-refractivity contribution in [2.75, 3.05) is 13.2 Å². The van der Waals surface area contributed by atoms with Crippen LogP contribution in [0.4, 0.5) is 0 Å². The summed E-state index contributed by atoms with van der Waals surface area (Å²) in [5.74, 6) is 1.19. The second-order valence-electron chi connectivity index (χ2n) is 6.70. The Hall–Kier alpha value is -3.66. The molecule has 0 bridgehead atoms. The summed E-state index contributed by atoms with van der Waals surface area (Å²) >= 11 is 0. The molecule has 0 atom stereocenters. The van der Waals surface area contributed by atoms with Crippen molar-refractivity contribution in [3.05, 3.63) is 83.9 Å². The van der Waals surface area contributed by atoms with Gasteiger partial charge in [0.05, 0.1) is 24.3 Å². The molecule has 4 aromatic carbocycles. The Labute approximate surface area is 168 Å². The van der Waals surface area contributed by atoms with Crippen molar-refractivity contribution in [3.63, 3.8) is 0 Å². The smallest absolute Gasteiger partial charge is 0.153 e. The van der Waals surface area contributed by atoms with Crippen molar-refractivity contribution in [1.82, 2.24) is 0 Å². The fourth-order valence-corrected chi connectivity index (χ4v) is 3.43. The summed E-state index contributed by atoms with van der Waals surface area (Å²) in [6.45, 7) is 0.798. The molecule has 29 heavy (non-hydrogen) atoms. The summed E-state index contributed by atoms with van der Waals surface area (Å²) in [6, 6.07) is 23.0. The lowest BCUT2D eigenvalue weighted by atomic mass is 10.1. The molecule has 0 N–H and O–H groups in total. The van der Waals surface area contributed by atoms with Crippen LogP contribution in [0, 0.1) is 0 Å². The number of carbonyl (C=O) groups excluding carboxylic acids is 2. The van der Waals surface area contributed by atoms with E-state index in [1.807, 2.05) is 60.7 Å². The lowest BCUT2D eigenvalue weighted by Gasteiger charge is -2.14. The summed E-state index contributed by atoms with van der Waals surface area (Å²) in [4.78, 5) is 22.8. The van der Waals surface area contributed by atoms with E-state index in [4.69, 9.17) is 9.47 Å². The monoisotopic (exact) mass is 384 g/mol. The van der Waals surface area contributed by atoms with E-state index >= 15 is 0 Å². The molecule has 0 unspecified atom stereocenters. The summed E-state index contributed by atoms with van der Waals surface area (Å²) in [6.07, 6.45) is 2.23. The van der Waals surface area contributed by atoms with Crippen LogP contribution < -0.4 is 9.47 Å². The van der Waals surface area contributed by atoms with Gasteiger partial charge in [-0.25, -0.2) is 0 Å². The number of carbonyl (C=O) groups is 2. The molecular formula is C25H20O4. The molecule has 0 radical (unpaired) electrons. The molecule has 0 aliphatic rings. The topological polar surface area (TPSA) is 52.6 Å². The van der Waals surface area contributed by atoms with Crippen LogP contribution in [0.3, 0.4) is 0 Å². The molecule has 144 valence electrons. The van der Waals surface area contributed by atoms with Crippen molar-refractivity contribution in [2.45, 2.75) is 6.42 Å². The molecular weight excluding hydrogens is 364 g/mol. The van der Waals surface area contributed by atoms with Gasteiger partial charge in [-0.15, -0.1) is 0 Å². The van der Waals surface area contributed by atoms with Gasteiger partial charge < -0.3 is 9.47 Å². The summed E-state index contributed by atoms with van der Waals surface area (Å²) in [7, 11) is 0. The molecule has 0 amide bonds. The Morgan fingerprint density at radius 1 is 0.586 bits per heavy atom. The van der Waals surface area contributed by atoms with Gasteiger partial charge in [0.25, 0.3) is 0 Å². The molecule has 0 spiro atoms. The van der Waals surface area contributed by atoms with E-state index in [1.165, 1.54) is 0 Å². The van der Waals surface area contributed by atoms with Gasteiger partial charge in [-0.2, -0.15) is 0 Å². The van der Waals surface area contributed by atoms with Gasteiger partial charge in [0.2, 0.25) is 0 Å². The SMILES string of the molecule is O=Cc1ccc2ccccc2c1OCCCOc1c(C=O)ccc2ccccc12. The first-order valence-electron chi connectivity index (χ1n) is 9.51. The van der Waals surface area contributed by atoms with E-state index in [9.17, 15) is 9.59 Å². The minimum Gasteiger partial charge on any atom is -0.492 e. The lowest BCUT2D eigenvalue weighted by Crippen LogP contribution is -2.07. The van der Waals surface area contributed by atoms with Crippen LogP contribution in [-0.4, -0.2) is 25.8 Å². The van der Waals surface area contributed by atoms with Gasteiger partial charge in [-0.05, 0) is 22.9 Å². The number of benzene rings is 4. The first kappa shape index (κ1) is 18.7. The highest BCUT2D eigenvalue weighted by atomic mass is 16.5. The van der Waals surface area contributed by atoms with Gasteiger partial charge in [-0.3, -0.25) is 9.59 Å². The number of hydrogen-bond donors (Lipinski definition) is 0. The minimum atomic E-state index is 0.399. The number of fused-ring (bicyclic) bond motifs is 2. The zero-order chi connectivity index (χ0) is 20.1. The van der Waals surface area contributed by atoms with Gasteiger partial charge in [0, 0.05) is 17.2 Å². The van der Waals surface area contributed by atoms with Gasteiger partial charge >= 0.3 is 0 Å². The van der Waals surface area contributed by atoms with Crippen LogP contribution >= 0.6 is 0 Å². The predicted molar refractivity (Wildman–Crippen MR) is 114 cm³/mol. The van der Waals surface area contributed by atoms with Crippen LogP contribution in [0.1, 0.15) is 27.1 Å². The van der Waals surface area contributed by atoms with E-state index < -0.39 is 0 Å². The predicted octanol–water partition coefficient (Wildman–Crippen LogP) is 5.47. The standard InChI is InChI=1S/C25H20O4/c26-16-20-12-10-18-6-1-3-8-22(18)24(20)28-14-5-15-29-25-21(17-27)13-11-19-7-2-4-9-23(19)25/h1-4,6-13,16-17H,5,14-15H2. The molecule has 4 nitrogen and oxygen atoms in total. The van der Waals surface area contributed by atoms with Crippen molar-refractivity contribution < 1.29 is 19.1 Å². The highest BCUT2D eigenvalue weighted by molar-refractivity contribution is 5.97. The van der Waals surface area contributed by atoms with Crippen molar-refractivity contribution in [1.29, 1.82) is 0 Å². The molecule has 0 saturated heterocycles. The first-order valence-corrected chi connectivity index (χ1v) is 9.51. The summed E-state index contributed by atoms with van der Waals surface area (Å²) in [5, 5.41) is 3.87. The Kier molecular flexibility index (Phi) is 5.52. The normalized spacial score (nSPS) is 10.8. The third-order valence-corrected chi connectivity index (χ3v) is 4.86. The maximum atomic E-state index is 11.4. The van der Waals surface area contributed by atoms with E-state index in [0.717, 1.165) is 34.1 Å². The highest BCUT2D eigenvalue weighted by Gasteiger charge is 2.10. The Bertz CT molecular complexity index is 1090. The van der Waals surface area contributed by atoms with Gasteiger partial charge in [0.1, 0.15) is 11.5 Å². The lowest BCUT2D eigenvalue weighted by molar-refractivity contribution is 0.111. The minimum absolute atomic E-state index is 0.399. The first-order chi connectivity index (χ1) is 14.3. The molecule has 0 saturated carbocycles. The van der Waals surface area contributed by atoms with Gasteiger partial charge in [-0.1, -0.05) is 60.7 Å². The Morgan fingerprint density at radius 3 is 1.48 bits per heavy atom. The maximum absolute atomic E-state index is 11.4. The Balaban J connectivity index is 1.45. The zero-order valence-electron chi connectivity index (χ0n) is 15.8. The molecule has 4 rings (SSSR count). The van der Waals surface area contributed by atoms with Crippen LogP contribution in [-0.2, 0) is 0 Å². The molecule has 4 aromatic rings. The second-order valence-corrected chi connectivity index (χ2v) is 6.70. The molecule has 4 heteroatoms. The highest BCUT2D eigenvalue weighted by Crippen LogP contribution is 2.30. The van der Waals surface area contributed by atoms with E-state index in [0.29, 0.717) is 42.3 Å². The van der Waals surface area contributed by atoms with Crippen molar-refractivity contribution in [2.24, 2.45) is 0 Å². The van der Waals surface area contributed by atoms with Crippen molar-refractivity contribution in [3.8, 4) is 11.5 Å². The molecule has 0 fully saturated rings. The maximum Gasteiger partial charge on any atom is 0.153 e. The van der Waals surface area contributed by atoms with Crippen LogP contribution in [0.15, 0.2) is 72.8 Å². The second kappa shape index (κ2) is 8.57. The number of ether oxygens (including phenoxy) is 2. The fourth-order valence-electron chi connectivity index (χ4n) is 3.43. The quantitative estimate of drug-likeness (QED) is 0.299. The fraction of sp³-hybridized carbons (Fsp3) is 0.120. The molecule has 0 aromatic heterocycles. The average Bonchev–Trinajstić information content (AvgIpc) is 2.78. The van der Waals surface area contributed by atoms with E-state index in [-0.39, 0.29) is 0 Å². The van der Waals surface area contributed by atoms with E-state index in [1.54, 1.807) is 12.1 Å². The van der Waals surface area contributed by atoms with Crippen LogP contribution in [0.2, 0.25) is 0 Å². The third kappa shape index (κ3) is 3.83. The summed E-state index contributed by atoms with van der Waals surface area (Å²) in [5.41, 5.74) is 1.06. The summed E-state index contributed by atoms with van der Waals surface area (Å²) < 4.78 is 11.9. The number of rotatable bonds is 8. The van der Waals surface area contributed by atoms with E-state index in [2.05, 4.69) is 0 Å².